The van der Waals surface area contributed by atoms with Gasteiger partial charge in [-0.3, -0.25) is 4.79 Å². The van der Waals surface area contributed by atoms with Crippen molar-refractivity contribution in [2.45, 2.75) is 119 Å². The highest BCUT2D eigenvalue weighted by Gasteiger charge is 2.27. The Bertz CT molecular complexity index is 823. The lowest BCUT2D eigenvalue weighted by molar-refractivity contribution is -0.142. The van der Waals surface area contributed by atoms with E-state index in [1.807, 2.05) is 0 Å². The van der Waals surface area contributed by atoms with Gasteiger partial charge in [0.15, 0.2) is 0 Å². The third-order valence-electron chi connectivity index (χ3n) is 6.92. The van der Waals surface area contributed by atoms with Crippen molar-refractivity contribution in [2.24, 2.45) is 11.8 Å². The summed E-state index contributed by atoms with van der Waals surface area (Å²) in [4.78, 5) is 11.8. The Labute approximate surface area is 216 Å². The van der Waals surface area contributed by atoms with Crippen LogP contribution in [0.2, 0.25) is 0 Å². The van der Waals surface area contributed by atoms with Crippen LogP contribution in [0.25, 0.3) is 0 Å². The lowest BCUT2D eigenvalue weighted by Gasteiger charge is -2.26. The van der Waals surface area contributed by atoms with Crippen LogP contribution >= 0.6 is 0 Å². The highest BCUT2D eigenvalue weighted by atomic mass is 16.4. The van der Waals surface area contributed by atoms with Gasteiger partial charge in [-0.25, -0.2) is 0 Å². The van der Waals surface area contributed by atoms with Crippen LogP contribution < -0.4 is 0 Å². The highest BCUT2D eigenvalue weighted by Crippen LogP contribution is 2.34. The first kappa shape index (κ1) is 30.9. The molecule has 2 unspecified atom stereocenters. The molecule has 0 aliphatic heterocycles. The summed E-state index contributed by atoms with van der Waals surface area (Å²) in [5.41, 5.74) is 8.28. The second-order valence-electron chi connectivity index (χ2n) is 11.2. The second kappa shape index (κ2) is 17.4. The van der Waals surface area contributed by atoms with E-state index in [1.165, 1.54) is 33.4 Å². The number of carboxylic acid groups (broad SMARTS) is 1. The zero-order valence-corrected chi connectivity index (χ0v) is 23.6. The first-order valence-corrected chi connectivity index (χ1v) is 13.7. The van der Waals surface area contributed by atoms with E-state index in [-0.39, 0.29) is 5.92 Å². The minimum Gasteiger partial charge on any atom is -0.481 e. The number of carbonyl (C=O) groups is 1. The van der Waals surface area contributed by atoms with Crippen molar-refractivity contribution in [3.63, 3.8) is 0 Å². The van der Waals surface area contributed by atoms with Crippen LogP contribution in [0.15, 0.2) is 70.4 Å². The fourth-order valence-electron chi connectivity index (χ4n) is 4.73. The van der Waals surface area contributed by atoms with Gasteiger partial charge in [-0.1, -0.05) is 70.4 Å². The van der Waals surface area contributed by atoms with E-state index in [9.17, 15) is 9.90 Å². The fraction of sp³-hybridized carbons (Fsp3) is 0.606. The molecule has 0 spiro atoms. The summed E-state index contributed by atoms with van der Waals surface area (Å²) in [5.74, 6) is -0.510. The van der Waals surface area contributed by atoms with Gasteiger partial charge >= 0.3 is 5.97 Å². The summed E-state index contributed by atoms with van der Waals surface area (Å²) in [6.45, 7) is 17.3. The van der Waals surface area contributed by atoms with Gasteiger partial charge in [-0.15, -0.1) is 0 Å². The Morgan fingerprint density at radius 2 is 1.40 bits per heavy atom. The molecule has 1 rings (SSSR count). The Morgan fingerprint density at radius 1 is 0.857 bits per heavy atom. The van der Waals surface area contributed by atoms with Gasteiger partial charge < -0.3 is 5.11 Å². The number of rotatable bonds is 16. The van der Waals surface area contributed by atoms with Crippen molar-refractivity contribution in [2.75, 3.05) is 0 Å². The third kappa shape index (κ3) is 15.5. The molecule has 0 aromatic carbocycles. The maximum Gasteiger partial charge on any atom is 0.306 e. The molecule has 0 saturated carbocycles. The molecule has 0 radical (unpaired) electrons. The van der Waals surface area contributed by atoms with Crippen molar-refractivity contribution in [1.82, 2.24) is 0 Å². The van der Waals surface area contributed by atoms with Crippen LogP contribution in [0.5, 0.6) is 0 Å². The van der Waals surface area contributed by atoms with Crippen molar-refractivity contribution >= 4 is 5.97 Å². The third-order valence-corrected chi connectivity index (χ3v) is 6.92. The Hall–Kier alpha value is -2.09. The molecule has 0 bridgehead atoms. The minimum atomic E-state index is -0.637. The normalized spacial score (nSPS) is 18.6. The zero-order valence-electron chi connectivity index (χ0n) is 23.6. The SMILES string of the molecule is C=C(CC/C=C(\C)CCC=C(C)C)CCC1C=C(CC/C=C(\C)CCC=C(C)C)CC(C(=O)O)C1. The monoisotopic (exact) mass is 480 g/mol. The van der Waals surface area contributed by atoms with E-state index >= 15 is 0 Å². The topological polar surface area (TPSA) is 37.3 Å². The van der Waals surface area contributed by atoms with E-state index in [0.717, 1.165) is 70.6 Å². The average molecular weight is 481 g/mol. The molecule has 0 aromatic heterocycles. The maximum atomic E-state index is 11.8. The zero-order chi connectivity index (χ0) is 26.2. The molecule has 0 aromatic rings. The van der Waals surface area contributed by atoms with E-state index in [1.54, 1.807) is 0 Å². The highest BCUT2D eigenvalue weighted by molar-refractivity contribution is 5.70. The standard InChI is InChI=1S/C33H52O2/c1-25(2)12-8-14-27(5)16-10-17-29(7)20-21-31-22-30(23-32(24-31)33(34)35)19-11-18-28(6)15-9-13-26(3)4/h12-13,16,18,22,31-32H,7-11,14-15,17,19-21,23-24H2,1-6H3,(H,34,35)/b27-16+,28-18+. The molecule has 196 valence electrons. The van der Waals surface area contributed by atoms with E-state index < -0.39 is 5.97 Å². The predicted octanol–water partition coefficient (Wildman–Crippen LogP) is 10.3. The average Bonchev–Trinajstić information content (AvgIpc) is 2.77. The Balaban J connectivity index is 2.51. The van der Waals surface area contributed by atoms with Crippen molar-refractivity contribution in [1.29, 1.82) is 0 Å². The lowest BCUT2D eigenvalue weighted by atomic mass is 9.78. The molecule has 1 aliphatic rings. The van der Waals surface area contributed by atoms with Crippen molar-refractivity contribution < 1.29 is 9.90 Å². The van der Waals surface area contributed by atoms with Gasteiger partial charge in [0, 0.05) is 0 Å². The first-order valence-electron chi connectivity index (χ1n) is 13.7. The molecule has 0 heterocycles. The van der Waals surface area contributed by atoms with Crippen LogP contribution in [0, 0.1) is 11.8 Å². The summed E-state index contributed by atoms with van der Waals surface area (Å²) in [5, 5.41) is 9.69. The second-order valence-corrected chi connectivity index (χ2v) is 11.2. The summed E-state index contributed by atoms with van der Waals surface area (Å²) in [6, 6.07) is 0. The summed E-state index contributed by atoms with van der Waals surface area (Å²) < 4.78 is 0. The molecular formula is C33H52O2. The smallest absolute Gasteiger partial charge is 0.306 e. The van der Waals surface area contributed by atoms with Gasteiger partial charge in [0.2, 0.25) is 0 Å². The molecule has 0 fully saturated rings. The Kier molecular flexibility index (Phi) is 15.3. The number of allylic oxidation sites excluding steroid dienone is 11. The van der Waals surface area contributed by atoms with Crippen molar-refractivity contribution in [3.05, 3.63) is 70.4 Å². The van der Waals surface area contributed by atoms with E-state index in [4.69, 9.17) is 0 Å². The number of carboxylic acids is 1. The number of aliphatic carboxylic acids is 1. The van der Waals surface area contributed by atoms with Crippen LogP contribution in [0.4, 0.5) is 0 Å². The van der Waals surface area contributed by atoms with E-state index in [2.05, 4.69) is 78.5 Å². The van der Waals surface area contributed by atoms with E-state index in [0.29, 0.717) is 12.3 Å². The van der Waals surface area contributed by atoms with Gasteiger partial charge in [-0.05, 0) is 125 Å². The lowest BCUT2D eigenvalue weighted by Crippen LogP contribution is -2.22. The van der Waals surface area contributed by atoms with Gasteiger partial charge in [0.25, 0.3) is 0 Å². The van der Waals surface area contributed by atoms with Crippen LogP contribution in [0.3, 0.4) is 0 Å². The van der Waals surface area contributed by atoms with Gasteiger partial charge in [0.1, 0.15) is 0 Å². The van der Waals surface area contributed by atoms with Crippen LogP contribution in [-0.2, 0) is 4.79 Å². The van der Waals surface area contributed by atoms with Gasteiger partial charge in [0.05, 0.1) is 5.92 Å². The molecule has 35 heavy (non-hydrogen) atoms. The molecule has 0 amide bonds. The largest absolute Gasteiger partial charge is 0.481 e. The maximum absolute atomic E-state index is 11.8. The number of hydrogen-bond acceptors (Lipinski definition) is 1. The molecule has 1 N–H and O–H groups in total. The summed E-state index contributed by atoms with van der Waals surface area (Å²) >= 11 is 0. The molecule has 2 heteroatoms. The molecule has 2 atom stereocenters. The summed E-state index contributed by atoms with van der Waals surface area (Å²) in [7, 11) is 0. The molecule has 1 aliphatic carbocycles. The van der Waals surface area contributed by atoms with Crippen LogP contribution in [-0.4, -0.2) is 11.1 Å². The fourth-order valence-corrected chi connectivity index (χ4v) is 4.73. The minimum absolute atomic E-state index is 0.234. The quantitative estimate of drug-likeness (QED) is 0.223. The summed E-state index contributed by atoms with van der Waals surface area (Å²) in [6.07, 6.45) is 23.7. The molecule has 0 saturated heterocycles. The number of hydrogen-bond donors (Lipinski definition) is 1. The first-order chi connectivity index (χ1) is 16.6. The Morgan fingerprint density at radius 3 is 1.94 bits per heavy atom. The molecule has 2 nitrogen and oxygen atoms in total. The molecular weight excluding hydrogens is 428 g/mol. The van der Waals surface area contributed by atoms with Crippen LogP contribution in [0.1, 0.15) is 119 Å². The van der Waals surface area contributed by atoms with Crippen molar-refractivity contribution in [3.8, 4) is 0 Å². The van der Waals surface area contributed by atoms with Gasteiger partial charge in [-0.2, -0.15) is 0 Å². The predicted molar refractivity (Wildman–Crippen MR) is 154 cm³/mol.